The van der Waals surface area contributed by atoms with Crippen LogP contribution in [0.5, 0.6) is 11.5 Å². The number of imide groups is 1. The van der Waals surface area contributed by atoms with E-state index in [1.165, 1.54) is 13.2 Å². The van der Waals surface area contributed by atoms with Crippen LogP contribution in [0.4, 0.5) is 4.79 Å². The van der Waals surface area contributed by atoms with Gasteiger partial charge in [0.05, 0.1) is 18.6 Å². The first-order valence-corrected chi connectivity index (χ1v) is 9.44. The van der Waals surface area contributed by atoms with Crippen molar-refractivity contribution in [2.24, 2.45) is 0 Å². The zero-order valence-electron chi connectivity index (χ0n) is 13.5. The van der Waals surface area contributed by atoms with Crippen LogP contribution in [0, 0.1) is 0 Å². The van der Waals surface area contributed by atoms with Crippen LogP contribution in [0.25, 0.3) is 6.08 Å². The Balaban J connectivity index is 1.89. The largest absolute Gasteiger partial charge is 0.504 e. The molecule has 0 spiro atoms. The Bertz CT molecular complexity index is 931. The Labute approximate surface area is 167 Å². The van der Waals surface area contributed by atoms with Crippen LogP contribution in [-0.2, 0) is 11.3 Å². The third-order valence-electron chi connectivity index (χ3n) is 3.74. The first-order valence-electron chi connectivity index (χ1n) is 7.46. The molecule has 2 aromatic carbocycles. The highest BCUT2D eigenvalue weighted by atomic mass is 79.9. The molecule has 0 aliphatic carbocycles. The number of hydrogen-bond acceptors (Lipinski definition) is 5. The Kier molecular flexibility index (Phi) is 5.60. The van der Waals surface area contributed by atoms with E-state index in [2.05, 4.69) is 15.9 Å². The van der Waals surface area contributed by atoms with E-state index in [0.29, 0.717) is 20.6 Å². The number of carbonyl (C=O) groups excluding carboxylic acids is 2. The Morgan fingerprint density at radius 3 is 2.73 bits per heavy atom. The lowest BCUT2D eigenvalue weighted by Crippen LogP contribution is -2.27. The van der Waals surface area contributed by atoms with E-state index >= 15 is 0 Å². The first-order chi connectivity index (χ1) is 12.4. The minimum atomic E-state index is -0.390. The number of nitrogens with zero attached hydrogens (tertiary/aromatic N) is 1. The maximum Gasteiger partial charge on any atom is 0.293 e. The number of methoxy groups -OCH3 is 1. The van der Waals surface area contributed by atoms with Crippen LogP contribution in [0.1, 0.15) is 11.1 Å². The fourth-order valence-corrected chi connectivity index (χ4v) is 3.88. The number of phenols is 1. The zero-order chi connectivity index (χ0) is 18.8. The maximum atomic E-state index is 12.6. The molecule has 134 valence electrons. The minimum Gasteiger partial charge on any atom is -0.504 e. The van der Waals surface area contributed by atoms with Crippen LogP contribution < -0.4 is 4.74 Å². The number of benzene rings is 2. The van der Waals surface area contributed by atoms with Crippen LogP contribution in [-0.4, -0.2) is 28.3 Å². The molecule has 5 nitrogen and oxygen atoms in total. The summed E-state index contributed by atoms with van der Waals surface area (Å²) < 4.78 is 5.66. The summed E-state index contributed by atoms with van der Waals surface area (Å²) in [5.74, 6) is -0.142. The molecular formula is C18H13BrClNO4S. The molecule has 1 aliphatic rings. The van der Waals surface area contributed by atoms with Gasteiger partial charge in [0, 0.05) is 9.50 Å². The highest BCUT2D eigenvalue weighted by molar-refractivity contribution is 9.10. The van der Waals surface area contributed by atoms with E-state index in [0.717, 1.165) is 16.7 Å². The number of thioether (sulfide) groups is 1. The molecule has 26 heavy (non-hydrogen) atoms. The number of rotatable bonds is 4. The summed E-state index contributed by atoms with van der Waals surface area (Å²) in [7, 11) is 1.43. The minimum absolute atomic E-state index is 0.0247. The molecule has 1 saturated heterocycles. The molecule has 0 bridgehead atoms. The Morgan fingerprint density at radius 2 is 2.04 bits per heavy atom. The lowest BCUT2D eigenvalue weighted by atomic mass is 10.1. The molecular weight excluding hydrogens is 442 g/mol. The lowest BCUT2D eigenvalue weighted by molar-refractivity contribution is -0.123. The van der Waals surface area contributed by atoms with Crippen LogP contribution in [0.15, 0.2) is 45.8 Å². The van der Waals surface area contributed by atoms with Gasteiger partial charge in [0.1, 0.15) is 0 Å². The van der Waals surface area contributed by atoms with Crippen molar-refractivity contribution in [2.75, 3.05) is 7.11 Å². The number of ether oxygens (including phenoxy) is 1. The van der Waals surface area contributed by atoms with Gasteiger partial charge in [-0.05, 0) is 47.2 Å². The summed E-state index contributed by atoms with van der Waals surface area (Å²) >= 11 is 10.3. The van der Waals surface area contributed by atoms with E-state index in [-0.39, 0.29) is 34.1 Å². The highest BCUT2D eigenvalue weighted by Gasteiger charge is 2.35. The number of hydrogen-bond donors (Lipinski definition) is 1. The third kappa shape index (κ3) is 3.75. The summed E-state index contributed by atoms with van der Waals surface area (Å²) in [6.07, 6.45) is 1.59. The fraction of sp³-hybridized carbons (Fsp3) is 0.111. The number of amides is 2. The van der Waals surface area contributed by atoms with Crippen molar-refractivity contribution in [3.8, 4) is 11.5 Å². The van der Waals surface area contributed by atoms with E-state index in [4.69, 9.17) is 16.3 Å². The van der Waals surface area contributed by atoms with Gasteiger partial charge in [-0.1, -0.05) is 45.7 Å². The predicted molar refractivity (Wildman–Crippen MR) is 105 cm³/mol. The summed E-state index contributed by atoms with van der Waals surface area (Å²) in [6, 6.07) is 10.1. The molecule has 1 fully saturated rings. The SMILES string of the molecule is COc1cc(C=C2SC(=O)N(Cc3ccccc3Cl)C2=O)c(Br)cc1O. The van der Waals surface area contributed by atoms with Gasteiger partial charge in [-0.3, -0.25) is 14.5 Å². The number of aromatic hydroxyl groups is 1. The van der Waals surface area contributed by atoms with Crippen molar-refractivity contribution in [2.45, 2.75) is 6.54 Å². The average molecular weight is 455 g/mol. The molecule has 2 amide bonds. The topological polar surface area (TPSA) is 66.8 Å². The van der Waals surface area contributed by atoms with Crippen molar-refractivity contribution in [1.29, 1.82) is 0 Å². The molecule has 8 heteroatoms. The van der Waals surface area contributed by atoms with Gasteiger partial charge in [-0.15, -0.1) is 0 Å². The van der Waals surface area contributed by atoms with Gasteiger partial charge >= 0.3 is 0 Å². The molecule has 1 N–H and O–H groups in total. The molecule has 0 unspecified atom stereocenters. The van der Waals surface area contributed by atoms with Gasteiger partial charge in [-0.25, -0.2) is 0 Å². The van der Waals surface area contributed by atoms with Crippen molar-refractivity contribution in [3.05, 3.63) is 61.9 Å². The number of phenolic OH excluding ortho intramolecular Hbond substituents is 1. The first kappa shape index (κ1) is 18.8. The monoisotopic (exact) mass is 453 g/mol. The standard InChI is InChI=1S/C18H13BrClNO4S/c1-25-15-6-11(12(19)8-14(15)22)7-16-17(23)21(18(24)26-16)9-10-4-2-3-5-13(10)20/h2-8,22H,9H2,1H3. The molecule has 0 saturated carbocycles. The molecule has 1 heterocycles. The predicted octanol–water partition coefficient (Wildman–Crippen LogP) is 5.05. The zero-order valence-corrected chi connectivity index (χ0v) is 16.7. The van der Waals surface area contributed by atoms with Crippen LogP contribution in [0.2, 0.25) is 5.02 Å². The quantitative estimate of drug-likeness (QED) is 0.655. The second-order valence-electron chi connectivity index (χ2n) is 5.40. The second-order valence-corrected chi connectivity index (χ2v) is 7.66. The van der Waals surface area contributed by atoms with Crippen molar-refractivity contribution < 1.29 is 19.4 Å². The van der Waals surface area contributed by atoms with Crippen molar-refractivity contribution in [1.82, 2.24) is 4.90 Å². The van der Waals surface area contributed by atoms with Crippen molar-refractivity contribution in [3.63, 3.8) is 0 Å². The second kappa shape index (κ2) is 7.73. The summed E-state index contributed by atoms with van der Waals surface area (Å²) in [4.78, 5) is 26.4. The van der Waals surface area contributed by atoms with Gasteiger partial charge in [-0.2, -0.15) is 0 Å². The summed E-state index contributed by atoms with van der Waals surface area (Å²) in [5.41, 5.74) is 1.31. The lowest BCUT2D eigenvalue weighted by Gasteiger charge is -2.13. The third-order valence-corrected chi connectivity index (χ3v) is 5.71. The maximum absolute atomic E-state index is 12.6. The van der Waals surface area contributed by atoms with Gasteiger partial charge in [0.25, 0.3) is 11.1 Å². The summed E-state index contributed by atoms with van der Waals surface area (Å²) in [5, 5.41) is 9.92. The molecule has 0 radical (unpaired) electrons. The Morgan fingerprint density at radius 1 is 1.31 bits per heavy atom. The van der Waals surface area contributed by atoms with Gasteiger partial charge in [0.2, 0.25) is 0 Å². The van der Waals surface area contributed by atoms with Gasteiger partial charge < -0.3 is 9.84 Å². The molecule has 2 aromatic rings. The van der Waals surface area contributed by atoms with E-state index in [1.54, 1.807) is 36.4 Å². The van der Waals surface area contributed by atoms with Crippen LogP contribution in [0.3, 0.4) is 0 Å². The molecule has 1 aliphatic heterocycles. The van der Waals surface area contributed by atoms with Crippen LogP contribution >= 0.6 is 39.3 Å². The summed E-state index contributed by atoms with van der Waals surface area (Å²) in [6.45, 7) is 0.113. The number of carbonyl (C=O) groups is 2. The molecule has 0 atom stereocenters. The highest BCUT2D eigenvalue weighted by Crippen LogP contribution is 2.38. The smallest absolute Gasteiger partial charge is 0.293 e. The van der Waals surface area contributed by atoms with E-state index in [1.807, 2.05) is 0 Å². The molecule has 3 rings (SSSR count). The van der Waals surface area contributed by atoms with Gasteiger partial charge in [0.15, 0.2) is 11.5 Å². The Hall–Kier alpha value is -1.96. The number of halogens is 2. The van der Waals surface area contributed by atoms with E-state index < -0.39 is 0 Å². The average Bonchev–Trinajstić information content (AvgIpc) is 2.86. The fourth-order valence-electron chi connectivity index (χ4n) is 2.41. The molecule has 0 aromatic heterocycles. The van der Waals surface area contributed by atoms with Crippen molar-refractivity contribution >= 4 is 56.5 Å². The normalized spacial score (nSPS) is 15.8. The van der Waals surface area contributed by atoms with E-state index in [9.17, 15) is 14.7 Å².